The van der Waals surface area contributed by atoms with Gasteiger partial charge in [0.05, 0.1) is 11.9 Å². The van der Waals surface area contributed by atoms with Crippen LogP contribution in [0.4, 0.5) is 5.69 Å². The average Bonchev–Trinajstić information content (AvgIpc) is 2.67. The molecule has 150 valence electrons. The molecule has 6 nitrogen and oxygen atoms in total. The van der Waals surface area contributed by atoms with Gasteiger partial charge in [-0.2, -0.15) is 0 Å². The van der Waals surface area contributed by atoms with Gasteiger partial charge in [-0.15, -0.1) is 0 Å². The summed E-state index contributed by atoms with van der Waals surface area (Å²) >= 11 is 3.34. The van der Waals surface area contributed by atoms with Crippen molar-refractivity contribution in [2.24, 2.45) is 0 Å². The van der Waals surface area contributed by atoms with Crippen LogP contribution in [-0.2, 0) is 21.4 Å². The molecule has 1 aliphatic rings. The second-order valence-electron chi connectivity index (χ2n) is 6.89. The van der Waals surface area contributed by atoms with E-state index < -0.39 is 10.0 Å². The molecule has 1 amide bonds. The first-order valence-corrected chi connectivity index (χ1v) is 11.7. The number of carbonyl (C=O) groups is 1. The van der Waals surface area contributed by atoms with E-state index in [4.69, 9.17) is 0 Å². The topological polar surface area (TPSA) is 60.9 Å². The molecule has 0 aliphatic carbocycles. The Balaban J connectivity index is 1.60. The molecule has 0 spiro atoms. The van der Waals surface area contributed by atoms with Crippen molar-refractivity contribution in [2.75, 3.05) is 43.3 Å². The fraction of sp³-hybridized carbons (Fsp3) is 0.350. The van der Waals surface area contributed by atoms with Crippen LogP contribution in [-0.4, -0.2) is 63.1 Å². The Bertz CT molecular complexity index is 896. The van der Waals surface area contributed by atoms with E-state index in [-0.39, 0.29) is 12.5 Å². The number of anilines is 1. The van der Waals surface area contributed by atoms with Crippen LogP contribution in [0.25, 0.3) is 0 Å². The average molecular weight is 466 g/mol. The largest absolute Gasteiger partial charge is 0.339 e. The van der Waals surface area contributed by atoms with Crippen molar-refractivity contribution in [1.82, 2.24) is 9.80 Å². The monoisotopic (exact) mass is 465 g/mol. The molecule has 0 N–H and O–H groups in total. The summed E-state index contributed by atoms with van der Waals surface area (Å²) in [5, 5.41) is 0. The SMILES string of the molecule is CS(=O)(=O)N(CC(=O)N1CCN(Cc2ccccc2)CC1)c1ccc(Br)cc1. The van der Waals surface area contributed by atoms with Gasteiger partial charge in [-0.1, -0.05) is 46.3 Å². The van der Waals surface area contributed by atoms with Gasteiger partial charge in [0.25, 0.3) is 0 Å². The molecule has 1 aliphatic heterocycles. The van der Waals surface area contributed by atoms with E-state index in [1.165, 1.54) is 5.56 Å². The quantitative estimate of drug-likeness (QED) is 0.657. The lowest BCUT2D eigenvalue weighted by molar-refractivity contribution is -0.131. The van der Waals surface area contributed by atoms with Crippen molar-refractivity contribution in [3.05, 3.63) is 64.6 Å². The van der Waals surface area contributed by atoms with Crippen LogP contribution in [0.2, 0.25) is 0 Å². The number of halogens is 1. The first-order valence-electron chi connectivity index (χ1n) is 9.10. The molecule has 2 aromatic carbocycles. The van der Waals surface area contributed by atoms with Crippen molar-refractivity contribution < 1.29 is 13.2 Å². The molecular weight excluding hydrogens is 442 g/mol. The van der Waals surface area contributed by atoms with Gasteiger partial charge in [-0.05, 0) is 29.8 Å². The zero-order valence-electron chi connectivity index (χ0n) is 15.8. The molecule has 2 aromatic rings. The molecule has 0 atom stereocenters. The number of sulfonamides is 1. The van der Waals surface area contributed by atoms with Crippen LogP contribution in [0.5, 0.6) is 0 Å². The van der Waals surface area contributed by atoms with Crippen molar-refractivity contribution in [3.63, 3.8) is 0 Å². The second-order valence-corrected chi connectivity index (χ2v) is 9.71. The third kappa shape index (κ3) is 5.56. The summed E-state index contributed by atoms with van der Waals surface area (Å²) in [5.74, 6) is -0.173. The minimum absolute atomic E-state index is 0.173. The van der Waals surface area contributed by atoms with Gasteiger partial charge in [0, 0.05) is 37.2 Å². The minimum atomic E-state index is -3.56. The molecule has 1 saturated heterocycles. The Kier molecular flexibility index (Phi) is 6.74. The van der Waals surface area contributed by atoms with Crippen LogP contribution in [0, 0.1) is 0 Å². The van der Waals surface area contributed by atoms with Gasteiger partial charge in [-0.3, -0.25) is 14.0 Å². The maximum Gasteiger partial charge on any atom is 0.243 e. The van der Waals surface area contributed by atoms with Crippen LogP contribution in [0.1, 0.15) is 5.56 Å². The van der Waals surface area contributed by atoms with E-state index >= 15 is 0 Å². The predicted octanol–water partition coefficient (Wildman–Crippen LogP) is 2.56. The third-order valence-corrected chi connectivity index (χ3v) is 6.44. The Labute approximate surface area is 174 Å². The highest BCUT2D eigenvalue weighted by Crippen LogP contribution is 2.21. The maximum absolute atomic E-state index is 12.8. The molecule has 0 saturated carbocycles. The summed E-state index contributed by atoms with van der Waals surface area (Å²) in [6.07, 6.45) is 1.13. The summed E-state index contributed by atoms with van der Waals surface area (Å²) < 4.78 is 26.5. The molecule has 1 fully saturated rings. The van der Waals surface area contributed by atoms with E-state index in [1.807, 2.05) is 18.2 Å². The summed E-state index contributed by atoms with van der Waals surface area (Å²) in [7, 11) is -3.56. The van der Waals surface area contributed by atoms with Gasteiger partial charge in [0.2, 0.25) is 15.9 Å². The van der Waals surface area contributed by atoms with Gasteiger partial charge in [0.1, 0.15) is 6.54 Å². The predicted molar refractivity (Wildman–Crippen MR) is 115 cm³/mol. The highest BCUT2D eigenvalue weighted by atomic mass is 79.9. The molecule has 3 rings (SSSR count). The molecule has 1 heterocycles. The summed E-state index contributed by atoms with van der Waals surface area (Å²) in [6, 6.07) is 17.2. The number of rotatable bonds is 6. The second kappa shape index (κ2) is 9.07. The molecule has 0 radical (unpaired) electrons. The van der Waals surface area contributed by atoms with E-state index in [0.717, 1.165) is 34.7 Å². The van der Waals surface area contributed by atoms with Crippen molar-refractivity contribution in [1.29, 1.82) is 0 Å². The maximum atomic E-state index is 12.8. The van der Waals surface area contributed by atoms with Crippen LogP contribution < -0.4 is 4.31 Å². The zero-order valence-corrected chi connectivity index (χ0v) is 18.2. The van der Waals surface area contributed by atoms with Gasteiger partial charge < -0.3 is 4.90 Å². The molecule has 0 bridgehead atoms. The number of carbonyl (C=O) groups excluding carboxylic acids is 1. The van der Waals surface area contributed by atoms with E-state index in [2.05, 4.69) is 33.0 Å². The number of benzene rings is 2. The van der Waals surface area contributed by atoms with Crippen molar-refractivity contribution >= 4 is 37.5 Å². The van der Waals surface area contributed by atoms with Crippen LogP contribution in [0.15, 0.2) is 59.1 Å². The highest BCUT2D eigenvalue weighted by molar-refractivity contribution is 9.10. The Morgan fingerprint density at radius 1 is 1.00 bits per heavy atom. The lowest BCUT2D eigenvalue weighted by Crippen LogP contribution is -2.51. The highest BCUT2D eigenvalue weighted by Gasteiger charge is 2.26. The minimum Gasteiger partial charge on any atom is -0.339 e. The number of hydrogen-bond acceptors (Lipinski definition) is 4. The number of amides is 1. The molecule has 0 aromatic heterocycles. The lowest BCUT2D eigenvalue weighted by atomic mass is 10.2. The molecule has 28 heavy (non-hydrogen) atoms. The molecule has 8 heteroatoms. The van der Waals surface area contributed by atoms with Crippen molar-refractivity contribution in [3.8, 4) is 0 Å². The third-order valence-electron chi connectivity index (χ3n) is 4.77. The Morgan fingerprint density at radius 3 is 2.18 bits per heavy atom. The number of hydrogen-bond donors (Lipinski definition) is 0. The van der Waals surface area contributed by atoms with Crippen molar-refractivity contribution in [2.45, 2.75) is 6.54 Å². The standard InChI is InChI=1S/C20H24BrN3O3S/c1-28(26,27)24(19-9-7-18(21)8-10-19)16-20(25)23-13-11-22(12-14-23)15-17-5-3-2-4-6-17/h2-10H,11-16H2,1H3. The van der Waals surface area contributed by atoms with E-state index in [1.54, 1.807) is 29.2 Å². The molecular formula is C20H24BrN3O3S. The summed E-state index contributed by atoms with van der Waals surface area (Å²) in [4.78, 5) is 16.8. The van der Waals surface area contributed by atoms with E-state index in [0.29, 0.717) is 18.8 Å². The fourth-order valence-corrected chi connectivity index (χ4v) is 4.34. The molecule has 0 unspecified atom stereocenters. The smallest absolute Gasteiger partial charge is 0.243 e. The van der Waals surface area contributed by atoms with Crippen LogP contribution >= 0.6 is 15.9 Å². The van der Waals surface area contributed by atoms with Gasteiger partial charge in [0.15, 0.2) is 0 Å². The number of nitrogens with zero attached hydrogens (tertiary/aromatic N) is 3. The summed E-state index contributed by atoms with van der Waals surface area (Å²) in [6.45, 7) is 3.43. The number of piperazine rings is 1. The fourth-order valence-electron chi connectivity index (χ4n) is 3.23. The van der Waals surface area contributed by atoms with Crippen LogP contribution in [0.3, 0.4) is 0 Å². The normalized spacial score (nSPS) is 15.4. The first-order chi connectivity index (χ1) is 13.3. The first kappa shape index (κ1) is 20.8. The lowest BCUT2D eigenvalue weighted by Gasteiger charge is -2.35. The Hall–Kier alpha value is -1.90. The Morgan fingerprint density at radius 2 is 1.61 bits per heavy atom. The van der Waals surface area contributed by atoms with Gasteiger partial charge >= 0.3 is 0 Å². The van der Waals surface area contributed by atoms with E-state index in [9.17, 15) is 13.2 Å². The zero-order chi connectivity index (χ0) is 20.1. The van der Waals surface area contributed by atoms with Gasteiger partial charge in [-0.25, -0.2) is 8.42 Å². The summed E-state index contributed by atoms with van der Waals surface area (Å²) in [5.41, 5.74) is 1.74.